The third kappa shape index (κ3) is 0.993. The number of aliphatic hydroxyl groups is 2. The minimum Gasteiger partial charge on any atom is -0.465 e. The van der Waals surface area contributed by atoms with Gasteiger partial charge in [0.15, 0.2) is 5.79 Å². The summed E-state index contributed by atoms with van der Waals surface area (Å²) in [5, 5.41) is 21.7. The lowest BCUT2D eigenvalue weighted by Crippen LogP contribution is -2.62. The minimum absolute atomic E-state index is 0.129. The van der Waals surface area contributed by atoms with Crippen molar-refractivity contribution in [1.82, 2.24) is 0 Å². The predicted molar refractivity (Wildman–Crippen MR) is 68.5 cm³/mol. The van der Waals surface area contributed by atoms with Gasteiger partial charge in [-0.05, 0) is 12.3 Å². The fraction of sp³-hybridized carbons (Fsp3) is 0.933. The fourth-order valence-electron chi connectivity index (χ4n) is 5.93. The minimum atomic E-state index is -1.25. The maximum atomic E-state index is 12.1. The lowest BCUT2D eigenvalue weighted by atomic mass is 9.49. The molecule has 4 fully saturated rings. The first-order valence-corrected chi connectivity index (χ1v) is 7.48. The number of hydrogen-bond donors (Lipinski definition) is 2. The summed E-state index contributed by atoms with van der Waals surface area (Å²) in [5.41, 5.74) is -1.91. The summed E-state index contributed by atoms with van der Waals surface area (Å²) >= 11 is 0. The summed E-state index contributed by atoms with van der Waals surface area (Å²) < 4.78 is 11.5. The Morgan fingerprint density at radius 3 is 2.75 bits per heavy atom. The predicted octanol–water partition coefficient (Wildman–Crippen LogP) is 0.824. The molecular weight excluding hydrogens is 260 g/mol. The molecule has 3 saturated heterocycles. The van der Waals surface area contributed by atoms with Crippen molar-refractivity contribution < 1.29 is 24.5 Å². The number of rotatable bonds is 0. The van der Waals surface area contributed by atoms with Crippen LogP contribution in [-0.2, 0) is 14.3 Å². The molecule has 2 N–H and O–H groups in total. The van der Waals surface area contributed by atoms with Crippen LogP contribution in [0.15, 0.2) is 0 Å². The largest absolute Gasteiger partial charge is 0.465 e. The molecule has 112 valence electrons. The number of fused-ring (bicyclic) bond motifs is 1. The summed E-state index contributed by atoms with van der Waals surface area (Å²) in [5.74, 6) is -1.53. The first-order valence-electron chi connectivity index (χ1n) is 7.48. The van der Waals surface area contributed by atoms with Gasteiger partial charge in [-0.2, -0.15) is 0 Å². The number of cyclic esters (lactones) is 1. The molecule has 3 heterocycles. The zero-order chi connectivity index (χ0) is 14.6. The summed E-state index contributed by atoms with van der Waals surface area (Å²) in [7, 11) is 0. The van der Waals surface area contributed by atoms with Crippen LogP contribution in [0, 0.1) is 22.7 Å². The van der Waals surface area contributed by atoms with Crippen molar-refractivity contribution in [3.05, 3.63) is 0 Å². The standard InChI is InChI=1S/C15H22O5/c1-8-4-10(16)15-12(3)7-19-11(17)5-13(8,15)6-14(18,20-15)9(12)2/h8-10,16,18H,4-7H2,1-3H3/t8-,9-,10+,12+,13+,14+,15+/m0/s1. The molecule has 0 aromatic rings. The molecule has 4 aliphatic rings. The van der Waals surface area contributed by atoms with Crippen molar-refractivity contribution in [1.29, 1.82) is 0 Å². The van der Waals surface area contributed by atoms with E-state index in [2.05, 4.69) is 6.92 Å². The Kier molecular flexibility index (Phi) is 2.11. The summed E-state index contributed by atoms with van der Waals surface area (Å²) in [4.78, 5) is 12.1. The Hall–Kier alpha value is -0.650. The number of hydrogen-bond acceptors (Lipinski definition) is 5. The number of ether oxygens (including phenoxy) is 2. The molecule has 2 bridgehead atoms. The number of carbonyl (C=O) groups excluding carboxylic acids is 1. The van der Waals surface area contributed by atoms with Crippen LogP contribution in [0.1, 0.15) is 40.0 Å². The second-order valence-electron chi connectivity index (χ2n) is 7.64. The smallest absolute Gasteiger partial charge is 0.306 e. The van der Waals surface area contributed by atoms with Crippen LogP contribution in [0.25, 0.3) is 0 Å². The highest BCUT2D eigenvalue weighted by Gasteiger charge is 2.86. The van der Waals surface area contributed by atoms with Crippen molar-refractivity contribution >= 4 is 5.97 Å². The summed E-state index contributed by atoms with van der Waals surface area (Å²) in [6, 6.07) is 0. The molecule has 0 aromatic carbocycles. The van der Waals surface area contributed by atoms with E-state index in [-0.39, 0.29) is 30.8 Å². The van der Waals surface area contributed by atoms with Crippen LogP contribution in [0.2, 0.25) is 0 Å². The van der Waals surface area contributed by atoms with E-state index in [1.54, 1.807) is 0 Å². The number of carbonyl (C=O) groups is 1. The molecule has 1 aliphatic carbocycles. The van der Waals surface area contributed by atoms with E-state index in [4.69, 9.17) is 9.47 Å². The lowest BCUT2D eigenvalue weighted by molar-refractivity contribution is -0.218. The maximum absolute atomic E-state index is 12.1. The Labute approximate surface area is 118 Å². The van der Waals surface area contributed by atoms with Gasteiger partial charge in [0.05, 0.1) is 19.1 Å². The average molecular weight is 282 g/mol. The van der Waals surface area contributed by atoms with E-state index in [0.29, 0.717) is 12.8 Å². The van der Waals surface area contributed by atoms with Gasteiger partial charge in [0, 0.05) is 23.2 Å². The molecule has 5 nitrogen and oxygen atoms in total. The Balaban J connectivity index is 2.01. The van der Waals surface area contributed by atoms with Crippen molar-refractivity contribution in [2.24, 2.45) is 22.7 Å². The van der Waals surface area contributed by atoms with Crippen LogP contribution >= 0.6 is 0 Å². The topological polar surface area (TPSA) is 76.0 Å². The maximum Gasteiger partial charge on any atom is 0.306 e. The second-order valence-corrected chi connectivity index (χ2v) is 7.64. The third-order valence-electron chi connectivity index (χ3n) is 7.11. The van der Waals surface area contributed by atoms with Gasteiger partial charge in [-0.15, -0.1) is 0 Å². The summed E-state index contributed by atoms with van der Waals surface area (Å²) in [6.07, 6.45) is 0.613. The molecule has 3 aliphatic heterocycles. The van der Waals surface area contributed by atoms with Crippen LogP contribution in [-0.4, -0.2) is 40.3 Å². The SMILES string of the molecule is C[C@@H]1[C@@]2(O)C[C@@]34CC(=O)OC[C@@]1(C)[C@]3(O2)[C@H](O)C[C@@H]4C. The highest BCUT2D eigenvalue weighted by Crippen LogP contribution is 2.78. The molecule has 1 spiro atoms. The Morgan fingerprint density at radius 2 is 2.05 bits per heavy atom. The molecule has 0 radical (unpaired) electrons. The van der Waals surface area contributed by atoms with E-state index >= 15 is 0 Å². The van der Waals surface area contributed by atoms with E-state index in [1.165, 1.54) is 0 Å². The first kappa shape index (κ1) is 13.0. The van der Waals surface area contributed by atoms with Crippen LogP contribution in [0.3, 0.4) is 0 Å². The van der Waals surface area contributed by atoms with Gasteiger partial charge in [0.2, 0.25) is 0 Å². The first-order chi connectivity index (χ1) is 9.22. The van der Waals surface area contributed by atoms with Gasteiger partial charge in [-0.3, -0.25) is 4.79 Å². The van der Waals surface area contributed by atoms with Crippen LogP contribution in [0.5, 0.6) is 0 Å². The Bertz CT molecular complexity index is 506. The molecule has 4 rings (SSSR count). The zero-order valence-corrected chi connectivity index (χ0v) is 12.2. The lowest BCUT2D eigenvalue weighted by Gasteiger charge is -2.52. The molecular formula is C15H22O5. The second kappa shape index (κ2) is 3.23. The fourth-order valence-corrected chi connectivity index (χ4v) is 5.93. The number of aliphatic hydroxyl groups excluding tert-OH is 1. The van der Waals surface area contributed by atoms with E-state index < -0.39 is 28.3 Å². The Morgan fingerprint density at radius 1 is 1.35 bits per heavy atom. The normalized spacial score (nSPS) is 64.0. The van der Waals surface area contributed by atoms with Gasteiger partial charge < -0.3 is 19.7 Å². The van der Waals surface area contributed by atoms with Crippen molar-refractivity contribution in [3.8, 4) is 0 Å². The molecule has 1 saturated carbocycles. The van der Waals surface area contributed by atoms with Crippen LogP contribution < -0.4 is 0 Å². The van der Waals surface area contributed by atoms with Gasteiger partial charge in [-0.25, -0.2) is 0 Å². The summed E-state index contributed by atoms with van der Waals surface area (Å²) in [6.45, 7) is 6.19. The zero-order valence-electron chi connectivity index (χ0n) is 12.2. The van der Waals surface area contributed by atoms with E-state index in [9.17, 15) is 15.0 Å². The van der Waals surface area contributed by atoms with Crippen molar-refractivity contribution in [2.75, 3.05) is 6.61 Å². The highest BCUT2D eigenvalue weighted by atomic mass is 16.7. The molecule has 0 unspecified atom stereocenters. The highest BCUT2D eigenvalue weighted by molar-refractivity contribution is 5.72. The molecule has 7 atom stereocenters. The van der Waals surface area contributed by atoms with E-state index in [1.807, 2.05) is 13.8 Å². The number of esters is 1. The third-order valence-corrected chi connectivity index (χ3v) is 7.11. The molecule has 0 aromatic heterocycles. The van der Waals surface area contributed by atoms with Crippen molar-refractivity contribution in [3.63, 3.8) is 0 Å². The molecule has 20 heavy (non-hydrogen) atoms. The molecule has 5 heteroatoms. The molecule has 0 amide bonds. The van der Waals surface area contributed by atoms with Gasteiger partial charge in [0.1, 0.15) is 5.60 Å². The van der Waals surface area contributed by atoms with Crippen LogP contribution in [0.4, 0.5) is 0 Å². The van der Waals surface area contributed by atoms with E-state index in [0.717, 1.165) is 0 Å². The van der Waals surface area contributed by atoms with Gasteiger partial charge in [0.25, 0.3) is 0 Å². The van der Waals surface area contributed by atoms with Crippen molar-refractivity contribution in [2.45, 2.75) is 57.5 Å². The van der Waals surface area contributed by atoms with Gasteiger partial charge >= 0.3 is 5.97 Å². The quantitative estimate of drug-likeness (QED) is 0.643. The monoisotopic (exact) mass is 282 g/mol. The van der Waals surface area contributed by atoms with Gasteiger partial charge in [-0.1, -0.05) is 20.8 Å². The average Bonchev–Trinajstić information content (AvgIpc) is 2.80.